The van der Waals surface area contributed by atoms with Gasteiger partial charge in [0.15, 0.2) is 0 Å². The predicted molar refractivity (Wildman–Crippen MR) is 79.3 cm³/mol. The number of nitrogens with one attached hydrogen (secondary N) is 1. The van der Waals surface area contributed by atoms with Crippen LogP contribution >= 0.6 is 0 Å². The molecule has 0 aromatic rings. The summed E-state index contributed by atoms with van der Waals surface area (Å²) in [7, 11) is 0. The molecule has 4 aliphatic rings. The molecule has 112 valence electrons. The Bertz CT molecular complexity index is 373. The molecule has 4 atom stereocenters. The van der Waals surface area contributed by atoms with Gasteiger partial charge in [0.25, 0.3) is 0 Å². The van der Waals surface area contributed by atoms with Gasteiger partial charge in [-0.2, -0.15) is 0 Å². The minimum absolute atomic E-state index is 0.394. The van der Waals surface area contributed by atoms with Crippen molar-refractivity contribution in [1.82, 2.24) is 10.2 Å². The number of rotatable bonds is 4. The van der Waals surface area contributed by atoms with Gasteiger partial charge >= 0.3 is 0 Å². The molecule has 1 saturated heterocycles. The summed E-state index contributed by atoms with van der Waals surface area (Å²) in [6.45, 7) is 3.32. The number of hydrogen-bond donors (Lipinski definition) is 1. The first kappa shape index (κ1) is 13.1. The Morgan fingerprint density at radius 1 is 1.10 bits per heavy atom. The van der Waals surface area contributed by atoms with Crippen LogP contribution in [0.15, 0.2) is 0 Å². The van der Waals surface area contributed by atoms with Crippen LogP contribution < -0.4 is 5.32 Å². The van der Waals surface area contributed by atoms with Crippen LogP contribution in [0.2, 0.25) is 0 Å². The summed E-state index contributed by atoms with van der Waals surface area (Å²) >= 11 is 0. The first-order valence-corrected chi connectivity index (χ1v) is 8.82. The average Bonchev–Trinajstić information content (AvgIpc) is 3.11. The minimum atomic E-state index is 0.394. The van der Waals surface area contributed by atoms with E-state index in [1.54, 1.807) is 0 Å². The number of nitrogens with zero attached hydrogens (tertiary/aromatic N) is 1. The highest BCUT2D eigenvalue weighted by Crippen LogP contribution is 2.49. The van der Waals surface area contributed by atoms with Gasteiger partial charge in [-0.15, -0.1) is 0 Å². The van der Waals surface area contributed by atoms with Crippen LogP contribution in [0.1, 0.15) is 51.4 Å². The van der Waals surface area contributed by atoms with Gasteiger partial charge in [0.05, 0.1) is 0 Å². The van der Waals surface area contributed by atoms with Crippen molar-refractivity contribution in [2.24, 2.45) is 23.7 Å². The van der Waals surface area contributed by atoms with Gasteiger partial charge < -0.3 is 10.2 Å². The highest BCUT2D eigenvalue weighted by Gasteiger charge is 2.46. The standard InChI is InChI=1S/C17H28N2O/c20-17(16-9-12-3-4-14(16)8-12)19(15-5-6-15)11-13-2-1-7-18-10-13/h12-16,18H,1-11H2. The third-order valence-corrected chi connectivity index (χ3v) is 6.18. The minimum Gasteiger partial charge on any atom is -0.339 e. The Morgan fingerprint density at radius 2 is 2.00 bits per heavy atom. The zero-order chi connectivity index (χ0) is 13.5. The first-order chi connectivity index (χ1) is 9.81. The van der Waals surface area contributed by atoms with E-state index in [1.165, 1.54) is 57.9 Å². The van der Waals surface area contributed by atoms with E-state index in [0.29, 0.717) is 23.8 Å². The highest BCUT2D eigenvalue weighted by atomic mass is 16.2. The van der Waals surface area contributed by atoms with Crippen LogP contribution in [0.5, 0.6) is 0 Å². The largest absolute Gasteiger partial charge is 0.339 e. The van der Waals surface area contributed by atoms with Crippen LogP contribution in [0.25, 0.3) is 0 Å². The summed E-state index contributed by atoms with van der Waals surface area (Å²) < 4.78 is 0. The molecule has 4 unspecified atom stereocenters. The Balaban J connectivity index is 1.41. The zero-order valence-electron chi connectivity index (χ0n) is 12.5. The second-order valence-corrected chi connectivity index (χ2v) is 7.72. The van der Waals surface area contributed by atoms with Crippen LogP contribution in [0.3, 0.4) is 0 Å². The van der Waals surface area contributed by atoms with E-state index in [2.05, 4.69) is 10.2 Å². The van der Waals surface area contributed by atoms with Gasteiger partial charge in [-0.1, -0.05) is 6.42 Å². The van der Waals surface area contributed by atoms with Gasteiger partial charge in [-0.05, 0) is 75.8 Å². The summed E-state index contributed by atoms with van der Waals surface area (Å²) in [6, 6.07) is 0.601. The monoisotopic (exact) mass is 276 g/mol. The lowest BCUT2D eigenvalue weighted by atomic mass is 9.87. The molecule has 0 spiro atoms. The fraction of sp³-hybridized carbons (Fsp3) is 0.941. The van der Waals surface area contributed by atoms with Crippen molar-refractivity contribution in [1.29, 1.82) is 0 Å². The molecule has 3 saturated carbocycles. The molecule has 4 rings (SSSR count). The Hall–Kier alpha value is -0.570. The molecule has 1 N–H and O–H groups in total. The van der Waals surface area contributed by atoms with Gasteiger partial charge in [0.2, 0.25) is 5.91 Å². The fourth-order valence-corrected chi connectivity index (χ4v) is 4.92. The topological polar surface area (TPSA) is 32.3 Å². The predicted octanol–water partition coefficient (Wildman–Crippen LogP) is 2.41. The lowest BCUT2D eigenvalue weighted by Crippen LogP contribution is -2.45. The molecule has 4 fully saturated rings. The van der Waals surface area contributed by atoms with E-state index >= 15 is 0 Å². The summed E-state index contributed by atoms with van der Waals surface area (Å²) in [4.78, 5) is 15.3. The van der Waals surface area contributed by atoms with E-state index < -0.39 is 0 Å². The molecule has 1 aliphatic heterocycles. The average molecular weight is 276 g/mol. The van der Waals surface area contributed by atoms with Crippen molar-refractivity contribution in [2.75, 3.05) is 19.6 Å². The van der Waals surface area contributed by atoms with E-state index in [9.17, 15) is 4.79 Å². The lowest BCUT2D eigenvalue weighted by Gasteiger charge is -2.34. The number of carbonyl (C=O) groups excluding carboxylic acids is 1. The van der Waals surface area contributed by atoms with E-state index in [4.69, 9.17) is 0 Å². The quantitative estimate of drug-likeness (QED) is 0.855. The van der Waals surface area contributed by atoms with Crippen molar-refractivity contribution in [3.63, 3.8) is 0 Å². The van der Waals surface area contributed by atoms with Gasteiger partial charge in [-0.3, -0.25) is 4.79 Å². The summed E-state index contributed by atoms with van der Waals surface area (Å²) in [5, 5.41) is 3.50. The first-order valence-electron chi connectivity index (χ1n) is 8.82. The SMILES string of the molecule is O=C(C1CC2CCC1C2)N(CC1CCCNC1)C1CC1. The van der Waals surface area contributed by atoms with E-state index in [-0.39, 0.29) is 0 Å². The normalized spacial score (nSPS) is 40.0. The van der Waals surface area contributed by atoms with Crippen molar-refractivity contribution in [2.45, 2.75) is 57.4 Å². The summed E-state index contributed by atoms with van der Waals surface area (Å²) in [6.07, 6.45) is 10.4. The molecule has 3 heteroatoms. The Labute approximate surface area is 122 Å². The van der Waals surface area contributed by atoms with Gasteiger partial charge in [0.1, 0.15) is 0 Å². The Morgan fingerprint density at radius 3 is 2.60 bits per heavy atom. The molecule has 3 aliphatic carbocycles. The number of piperidine rings is 1. The van der Waals surface area contributed by atoms with E-state index in [1.807, 2.05) is 0 Å². The molecule has 0 radical (unpaired) electrons. The second-order valence-electron chi connectivity index (χ2n) is 7.72. The highest BCUT2D eigenvalue weighted by molar-refractivity contribution is 5.80. The number of amides is 1. The van der Waals surface area contributed by atoms with E-state index in [0.717, 1.165) is 24.9 Å². The van der Waals surface area contributed by atoms with Crippen LogP contribution in [-0.4, -0.2) is 36.5 Å². The Kier molecular flexibility index (Phi) is 3.49. The van der Waals surface area contributed by atoms with Gasteiger partial charge in [-0.25, -0.2) is 0 Å². The molecule has 2 bridgehead atoms. The van der Waals surface area contributed by atoms with Crippen molar-refractivity contribution < 1.29 is 4.79 Å². The van der Waals surface area contributed by atoms with Crippen LogP contribution in [-0.2, 0) is 4.79 Å². The molecular formula is C17H28N2O. The number of carbonyl (C=O) groups is 1. The second kappa shape index (κ2) is 5.32. The molecule has 0 aromatic carbocycles. The summed E-state index contributed by atoms with van der Waals surface area (Å²) in [5.74, 6) is 3.24. The fourth-order valence-electron chi connectivity index (χ4n) is 4.92. The molecule has 1 amide bonds. The maximum atomic E-state index is 13.0. The number of fused-ring (bicyclic) bond motifs is 2. The smallest absolute Gasteiger partial charge is 0.226 e. The van der Waals surface area contributed by atoms with Crippen molar-refractivity contribution in [3.8, 4) is 0 Å². The lowest BCUT2D eigenvalue weighted by molar-refractivity contribution is -0.138. The van der Waals surface area contributed by atoms with Crippen molar-refractivity contribution >= 4 is 5.91 Å². The maximum Gasteiger partial charge on any atom is 0.226 e. The van der Waals surface area contributed by atoms with Gasteiger partial charge in [0, 0.05) is 18.5 Å². The number of hydrogen-bond acceptors (Lipinski definition) is 2. The molecule has 0 aromatic heterocycles. The maximum absolute atomic E-state index is 13.0. The molecule has 1 heterocycles. The summed E-state index contributed by atoms with van der Waals surface area (Å²) in [5.41, 5.74) is 0. The molecule has 3 nitrogen and oxygen atoms in total. The molecule has 20 heavy (non-hydrogen) atoms. The zero-order valence-corrected chi connectivity index (χ0v) is 12.5. The van der Waals surface area contributed by atoms with Crippen LogP contribution in [0, 0.1) is 23.7 Å². The third kappa shape index (κ3) is 2.49. The third-order valence-electron chi connectivity index (χ3n) is 6.18. The van der Waals surface area contributed by atoms with Crippen LogP contribution in [0.4, 0.5) is 0 Å². The van der Waals surface area contributed by atoms with Crippen molar-refractivity contribution in [3.05, 3.63) is 0 Å². The molecular weight excluding hydrogens is 248 g/mol.